The second-order valence-corrected chi connectivity index (χ2v) is 4.96. The van der Waals surface area contributed by atoms with Gasteiger partial charge in [0.25, 0.3) is 0 Å². The fourth-order valence-electron chi connectivity index (χ4n) is 2.60. The van der Waals surface area contributed by atoms with Gasteiger partial charge in [0.05, 0.1) is 24.1 Å². The largest absolute Gasteiger partial charge is 0.497 e. The Hall–Kier alpha value is -2.89. The molecule has 0 atom stereocenters. The quantitative estimate of drug-likeness (QED) is 0.580. The molecule has 3 heterocycles. The molecular formula is C16H14N4O2. The molecule has 4 aromatic rings. The zero-order valence-corrected chi connectivity index (χ0v) is 12.3. The van der Waals surface area contributed by atoms with Crippen molar-refractivity contribution in [3.8, 4) is 17.0 Å². The number of hydrogen-bond donors (Lipinski definition) is 0. The minimum Gasteiger partial charge on any atom is -0.497 e. The molecule has 6 heteroatoms. The number of hydrogen-bond acceptors (Lipinski definition) is 5. The van der Waals surface area contributed by atoms with Gasteiger partial charge < -0.3 is 9.26 Å². The Balaban J connectivity index is 1.92. The molecular weight excluding hydrogens is 280 g/mol. The molecule has 0 bridgehead atoms. The third-order valence-corrected chi connectivity index (χ3v) is 3.76. The summed E-state index contributed by atoms with van der Waals surface area (Å²) in [7, 11) is 1.65. The van der Waals surface area contributed by atoms with E-state index < -0.39 is 0 Å². The van der Waals surface area contributed by atoms with Crippen LogP contribution in [-0.4, -0.2) is 27.0 Å². The Bertz CT molecular complexity index is 954. The number of fused-ring (bicyclic) bond motifs is 3. The molecule has 0 spiro atoms. The van der Waals surface area contributed by atoms with E-state index in [2.05, 4.69) is 15.2 Å². The maximum atomic E-state index is 5.56. The van der Waals surface area contributed by atoms with Crippen molar-refractivity contribution in [2.24, 2.45) is 0 Å². The summed E-state index contributed by atoms with van der Waals surface area (Å²) in [5.74, 6) is 0.807. The zero-order chi connectivity index (χ0) is 15.1. The number of ether oxygens (including phenoxy) is 1. The van der Waals surface area contributed by atoms with Crippen LogP contribution in [0.4, 0.5) is 0 Å². The van der Waals surface area contributed by atoms with Crippen molar-refractivity contribution in [1.82, 2.24) is 19.9 Å². The predicted molar refractivity (Wildman–Crippen MR) is 82.8 cm³/mol. The highest BCUT2D eigenvalue weighted by atomic mass is 16.5. The molecule has 1 aromatic carbocycles. The van der Waals surface area contributed by atoms with Gasteiger partial charge in [0.15, 0.2) is 11.2 Å². The monoisotopic (exact) mass is 294 g/mol. The number of nitrogens with zero attached hydrogens (tertiary/aromatic N) is 4. The molecule has 0 radical (unpaired) electrons. The minimum absolute atomic E-state index is 0.718. The first-order valence-electron chi connectivity index (χ1n) is 7.06. The van der Waals surface area contributed by atoms with Gasteiger partial charge in [-0.15, -0.1) is 0 Å². The summed E-state index contributed by atoms with van der Waals surface area (Å²) in [5.41, 5.74) is 3.27. The van der Waals surface area contributed by atoms with Crippen molar-refractivity contribution in [2.75, 3.05) is 7.11 Å². The number of pyridine rings is 1. The summed E-state index contributed by atoms with van der Waals surface area (Å²) >= 11 is 0. The normalized spacial score (nSPS) is 11.4. The number of rotatable bonds is 3. The van der Waals surface area contributed by atoms with Gasteiger partial charge in [0.1, 0.15) is 11.4 Å². The third-order valence-electron chi connectivity index (χ3n) is 3.76. The smallest absolute Gasteiger partial charge is 0.181 e. The van der Waals surface area contributed by atoms with Gasteiger partial charge in [-0.3, -0.25) is 0 Å². The van der Waals surface area contributed by atoms with Crippen molar-refractivity contribution in [2.45, 2.75) is 13.5 Å². The summed E-state index contributed by atoms with van der Waals surface area (Å²) < 4.78 is 12.6. The van der Waals surface area contributed by atoms with Gasteiger partial charge in [-0.2, -0.15) is 5.10 Å². The van der Waals surface area contributed by atoms with E-state index in [0.717, 1.165) is 45.6 Å². The van der Waals surface area contributed by atoms with Crippen molar-refractivity contribution >= 4 is 22.0 Å². The average molecular weight is 294 g/mol. The van der Waals surface area contributed by atoms with Gasteiger partial charge in [0, 0.05) is 18.3 Å². The lowest BCUT2D eigenvalue weighted by atomic mass is 10.1. The highest BCUT2D eigenvalue weighted by molar-refractivity contribution is 6.05. The summed E-state index contributed by atoms with van der Waals surface area (Å²) in [6.07, 6.45) is 3.57. The lowest BCUT2D eigenvalue weighted by Crippen LogP contribution is -1.96. The molecule has 0 aliphatic rings. The molecule has 0 aliphatic heterocycles. The van der Waals surface area contributed by atoms with Crippen LogP contribution in [0.2, 0.25) is 0 Å². The van der Waals surface area contributed by atoms with E-state index >= 15 is 0 Å². The Morgan fingerprint density at radius 1 is 1.14 bits per heavy atom. The van der Waals surface area contributed by atoms with Crippen LogP contribution < -0.4 is 4.74 Å². The lowest BCUT2D eigenvalue weighted by Gasteiger charge is -2.01. The van der Waals surface area contributed by atoms with E-state index in [0.29, 0.717) is 0 Å². The molecule has 0 unspecified atom stereocenters. The summed E-state index contributed by atoms with van der Waals surface area (Å²) in [6, 6.07) is 7.71. The summed E-state index contributed by atoms with van der Waals surface area (Å²) in [5, 5.41) is 10.3. The van der Waals surface area contributed by atoms with E-state index in [1.54, 1.807) is 19.5 Å². The topological polar surface area (TPSA) is 66.0 Å². The van der Waals surface area contributed by atoms with Crippen LogP contribution in [0.25, 0.3) is 33.3 Å². The van der Waals surface area contributed by atoms with Crippen molar-refractivity contribution < 1.29 is 9.26 Å². The molecule has 0 amide bonds. The van der Waals surface area contributed by atoms with Crippen LogP contribution in [0.5, 0.6) is 5.75 Å². The van der Waals surface area contributed by atoms with Crippen LogP contribution in [0.3, 0.4) is 0 Å². The van der Waals surface area contributed by atoms with Gasteiger partial charge in [-0.1, -0.05) is 5.16 Å². The van der Waals surface area contributed by atoms with E-state index in [-0.39, 0.29) is 0 Å². The molecule has 6 nitrogen and oxygen atoms in total. The first kappa shape index (κ1) is 12.8. The standard InChI is InChI=1S/C16H14N4O2/c1-3-20-16-13(9-18-20)15-12(8-17-16)14(19-22-15)10-4-6-11(21-2)7-5-10/h4-9H,3H2,1-2H3. The van der Waals surface area contributed by atoms with Crippen molar-refractivity contribution in [3.05, 3.63) is 36.7 Å². The van der Waals surface area contributed by atoms with Gasteiger partial charge >= 0.3 is 0 Å². The molecule has 110 valence electrons. The molecule has 3 aromatic heterocycles. The van der Waals surface area contributed by atoms with E-state index in [1.165, 1.54) is 0 Å². The Kier molecular flexibility index (Phi) is 2.82. The predicted octanol–water partition coefficient (Wildman–Crippen LogP) is 3.27. The zero-order valence-electron chi connectivity index (χ0n) is 12.3. The molecule has 0 N–H and O–H groups in total. The van der Waals surface area contributed by atoms with Crippen LogP contribution in [0, 0.1) is 0 Å². The maximum Gasteiger partial charge on any atom is 0.181 e. The number of aromatic nitrogens is 4. The fraction of sp³-hybridized carbons (Fsp3) is 0.188. The highest BCUT2D eigenvalue weighted by Crippen LogP contribution is 2.32. The Labute approximate surface area is 126 Å². The number of methoxy groups -OCH3 is 1. The first-order valence-corrected chi connectivity index (χ1v) is 7.06. The molecule has 0 saturated carbocycles. The van der Waals surface area contributed by atoms with E-state index in [9.17, 15) is 0 Å². The highest BCUT2D eigenvalue weighted by Gasteiger charge is 2.16. The Morgan fingerprint density at radius 3 is 2.68 bits per heavy atom. The number of aryl methyl sites for hydroxylation is 1. The first-order chi connectivity index (χ1) is 10.8. The van der Waals surface area contributed by atoms with Gasteiger partial charge in [0.2, 0.25) is 0 Å². The molecule has 22 heavy (non-hydrogen) atoms. The second kappa shape index (κ2) is 4.84. The SMILES string of the molecule is CCn1ncc2c3onc(-c4ccc(OC)cc4)c3cnc21. The van der Waals surface area contributed by atoms with Crippen molar-refractivity contribution in [3.63, 3.8) is 0 Å². The minimum atomic E-state index is 0.718. The molecule has 0 aliphatic carbocycles. The van der Waals surface area contributed by atoms with Crippen LogP contribution in [-0.2, 0) is 6.54 Å². The molecule has 4 rings (SSSR count). The van der Waals surface area contributed by atoms with Crippen LogP contribution >= 0.6 is 0 Å². The fourth-order valence-corrected chi connectivity index (χ4v) is 2.60. The van der Waals surface area contributed by atoms with E-state index in [4.69, 9.17) is 9.26 Å². The van der Waals surface area contributed by atoms with Gasteiger partial charge in [-0.05, 0) is 31.2 Å². The second-order valence-electron chi connectivity index (χ2n) is 4.96. The van der Waals surface area contributed by atoms with E-state index in [1.807, 2.05) is 35.9 Å². The third kappa shape index (κ3) is 1.77. The van der Waals surface area contributed by atoms with Crippen LogP contribution in [0.1, 0.15) is 6.92 Å². The Morgan fingerprint density at radius 2 is 1.95 bits per heavy atom. The summed E-state index contributed by atoms with van der Waals surface area (Å²) in [4.78, 5) is 4.51. The van der Waals surface area contributed by atoms with Gasteiger partial charge in [-0.25, -0.2) is 9.67 Å². The number of benzene rings is 1. The maximum absolute atomic E-state index is 5.56. The van der Waals surface area contributed by atoms with Crippen LogP contribution in [0.15, 0.2) is 41.2 Å². The summed E-state index contributed by atoms with van der Waals surface area (Å²) in [6.45, 7) is 2.79. The van der Waals surface area contributed by atoms with Crippen molar-refractivity contribution in [1.29, 1.82) is 0 Å². The average Bonchev–Trinajstić information content (AvgIpc) is 3.18. The molecule has 0 saturated heterocycles. The molecule has 0 fully saturated rings. The lowest BCUT2D eigenvalue weighted by molar-refractivity contribution is 0.415.